The lowest BCUT2D eigenvalue weighted by Crippen LogP contribution is -2.28. The Labute approximate surface area is 120 Å². The lowest BCUT2D eigenvalue weighted by molar-refractivity contribution is 0.303. The van der Waals surface area contributed by atoms with E-state index < -0.39 is 0 Å². The Hall–Kier alpha value is -1.57. The zero-order chi connectivity index (χ0) is 13.4. The van der Waals surface area contributed by atoms with E-state index in [4.69, 9.17) is 0 Å². The molecule has 1 N–H and O–H groups in total. The van der Waals surface area contributed by atoms with Crippen LogP contribution in [0.4, 0.5) is 5.69 Å². The predicted octanol–water partition coefficient (Wildman–Crippen LogP) is 4.62. The van der Waals surface area contributed by atoms with E-state index in [0.29, 0.717) is 6.04 Å². The van der Waals surface area contributed by atoms with Crippen LogP contribution in [0.5, 0.6) is 0 Å². The molecule has 1 aromatic carbocycles. The van der Waals surface area contributed by atoms with Crippen molar-refractivity contribution < 1.29 is 0 Å². The minimum Gasteiger partial charge on any atom is -0.382 e. The summed E-state index contributed by atoms with van der Waals surface area (Å²) >= 11 is 0. The van der Waals surface area contributed by atoms with Crippen LogP contribution < -0.4 is 5.32 Å². The summed E-state index contributed by atoms with van der Waals surface area (Å²) in [5.41, 5.74) is 2.34. The third-order valence-electron chi connectivity index (χ3n) is 4.98. The Balaban J connectivity index is 1.48. The van der Waals surface area contributed by atoms with Gasteiger partial charge in [-0.15, -0.1) is 0 Å². The molecular weight excluding hydrogens is 244 g/mol. The SMILES string of the molecule is c1cnc2ccc(NC3CCCC(C4CC4)C3)cc2c1. The van der Waals surface area contributed by atoms with Crippen molar-refractivity contribution in [2.75, 3.05) is 5.32 Å². The molecule has 2 atom stereocenters. The summed E-state index contributed by atoms with van der Waals surface area (Å²) in [6, 6.07) is 11.4. The molecule has 2 nitrogen and oxygen atoms in total. The maximum atomic E-state index is 4.38. The fraction of sp³-hybridized carbons (Fsp3) is 0.500. The highest BCUT2D eigenvalue weighted by molar-refractivity contribution is 5.82. The van der Waals surface area contributed by atoms with Gasteiger partial charge < -0.3 is 5.32 Å². The first-order valence-corrected chi connectivity index (χ1v) is 8.00. The van der Waals surface area contributed by atoms with Crippen molar-refractivity contribution in [1.29, 1.82) is 0 Å². The number of hydrogen-bond donors (Lipinski definition) is 1. The smallest absolute Gasteiger partial charge is 0.0703 e. The summed E-state index contributed by atoms with van der Waals surface area (Å²) in [6.07, 6.45) is 10.4. The zero-order valence-corrected chi connectivity index (χ0v) is 11.9. The largest absolute Gasteiger partial charge is 0.382 e. The second-order valence-electron chi connectivity index (χ2n) is 6.52. The monoisotopic (exact) mass is 266 g/mol. The van der Waals surface area contributed by atoms with E-state index in [1.54, 1.807) is 0 Å². The van der Waals surface area contributed by atoms with Crippen LogP contribution in [0, 0.1) is 11.8 Å². The molecule has 2 aliphatic rings. The third kappa shape index (κ3) is 2.52. The molecular formula is C18H22N2. The van der Waals surface area contributed by atoms with Crippen LogP contribution >= 0.6 is 0 Å². The zero-order valence-electron chi connectivity index (χ0n) is 11.9. The quantitative estimate of drug-likeness (QED) is 0.877. The first kappa shape index (κ1) is 12.2. The molecule has 0 saturated heterocycles. The van der Waals surface area contributed by atoms with Crippen molar-refractivity contribution in [1.82, 2.24) is 4.98 Å². The van der Waals surface area contributed by atoms with Gasteiger partial charge in [-0.3, -0.25) is 4.98 Å². The van der Waals surface area contributed by atoms with Crippen LogP contribution in [0.3, 0.4) is 0 Å². The van der Waals surface area contributed by atoms with Gasteiger partial charge in [0.2, 0.25) is 0 Å². The number of pyridine rings is 1. The standard InChI is InChI=1S/C18H22N2/c1-3-14(13-6-7-13)11-16(5-1)20-17-8-9-18-15(12-17)4-2-10-19-18/h2,4,8-10,12-14,16,20H,1,3,5-7,11H2. The number of aromatic nitrogens is 1. The summed E-state index contributed by atoms with van der Waals surface area (Å²) in [5, 5.41) is 4.99. The number of benzene rings is 1. The highest BCUT2D eigenvalue weighted by atomic mass is 14.9. The van der Waals surface area contributed by atoms with Gasteiger partial charge in [-0.25, -0.2) is 0 Å². The molecule has 0 spiro atoms. The van der Waals surface area contributed by atoms with Gasteiger partial charge >= 0.3 is 0 Å². The van der Waals surface area contributed by atoms with Crippen molar-refractivity contribution >= 4 is 16.6 Å². The number of anilines is 1. The molecule has 20 heavy (non-hydrogen) atoms. The molecule has 0 bridgehead atoms. The molecule has 0 aliphatic heterocycles. The van der Waals surface area contributed by atoms with E-state index in [0.717, 1.165) is 17.4 Å². The molecule has 2 heteroatoms. The van der Waals surface area contributed by atoms with Crippen molar-refractivity contribution in [2.24, 2.45) is 11.8 Å². The lowest BCUT2D eigenvalue weighted by Gasteiger charge is -2.30. The van der Waals surface area contributed by atoms with E-state index in [-0.39, 0.29) is 0 Å². The van der Waals surface area contributed by atoms with Gasteiger partial charge in [-0.05, 0) is 61.8 Å². The maximum absolute atomic E-state index is 4.38. The van der Waals surface area contributed by atoms with Gasteiger partial charge in [0, 0.05) is 23.3 Å². The summed E-state index contributed by atoms with van der Waals surface area (Å²) < 4.78 is 0. The first-order chi connectivity index (χ1) is 9.88. The molecule has 4 rings (SSSR count). The van der Waals surface area contributed by atoms with Crippen molar-refractivity contribution in [3.63, 3.8) is 0 Å². The van der Waals surface area contributed by atoms with Crippen LogP contribution in [0.15, 0.2) is 36.5 Å². The second-order valence-corrected chi connectivity index (χ2v) is 6.52. The fourth-order valence-electron chi connectivity index (χ4n) is 3.76. The fourth-order valence-corrected chi connectivity index (χ4v) is 3.76. The normalized spacial score (nSPS) is 26.6. The number of rotatable bonds is 3. The average molecular weight is 266 g/mol. The summed E-state index contributed by atoms with van der Waals surface area (Å²) in [7, 11) is 0. The summed E-state index contributed by atoms with van der Waals surface area (Å²) in [5.74, 6) is 2.05. The Kier molecular flexibility index (Phi) is 3.10. The van der Waals surface area contributed by atoms with E-state index >= 15 is 0 Å². The van der Waals surface area contributed by atoms with Crippen molar-refractivity contribution in [3.8, 4) is 0 Å². The predicted molar refractivity (Wildman–Crippen MR) is 83.8 cm³/mol. The maximum Gasteiger partial charge on any atom is 0.0703 e. The van der Waals surface area contributed by atoms with Crippen LogP contribution in [0.25, 0.3) is 10.9 Å². The van der Waals surface area contributed by atoms with Gasteiger partial charge in [-0.2, -0.15) is 0 Å². The number of nitrogens with zero attached hydrogens (tertiary/aromatic N) is 1. The van der Waals surface area contributed by atoms with Crippen LogP contribution in [-0.4, -0.2) is 11.0 Å². The van der Waals surface area contributed by atoms with E-state index in [1.165, 1.54) is 49.6 Å². The van der Waals surface area contributed by atoms with Crippen molar-refractivity contribution in [3.05, 3.63) is 36.5 Å². The lowest BCUT2D eigenvalue weighted by atomic mass is 9.82. The van der Waals surface area contributed by atoms with Gasteiger partial charge in [0.15, 0.2) is 0 Å². The van der Waals surface area contributed by atoms with Gasteiger partial charge in [-0.1, -0.05) is 18.9 Å². The van der Waals surface area contributed by atoms with Gasteiger partial charge in [0.05, 0.1) is 5.52 Å². The van der Waals surface area contributed by atoms with Crippen LogP contribution in [0.2, 0.25) is 0 Å². The first-order valence-electron chi connectivity index (χ1n) is 8.00. The van der Waals surface area contributed by atoms with E-state index in [2.05, 4.69) is 34.6 Å². The molecule has 1 heterocycles. The Morgan fingerprint density at radius 1 is 1.00 bits per heavy atom. The molecule has 2 unspecified atom stereocenters. The summed E-state index contributed by atoms with van der Waals surface area (Å²) in [6.45, 7) is 0. The third-order valence-corrected chi connectivity index (χ3v) is 4.98. The summed E-state index contributed by atoms with van der Waals surface area (Å²) in [4.78, 5) is 4.38. The second kappa shape index (κ2) is 5.08. The van der Waals surface area contributed by atoms with Gasteiger partial charge in [0.25, 0.3) is 0 Å². The minimum atomic E-state index is 0.670. The number of fused-ring (bicyclic) bond motifs is 1. The van der Waals surface area contributed by atoms with E-state index in [9.17, 15) is 0 Å². The Morgan fingerprint density at radius 2 is 1.95 bits per heavy atom. The topological polar surface area (TPSA) is 24.9 Å². The number of nitrogens with one attached hydrogen (secondary N) is 1. The highest BCUT2D eigenvalue weighted by Gasteiger charge is 2.34. The molecule has 0 amide bonds. The van der Waals surface area contributed by atoms with Crippen LogP contribution in [-0.2, 0) is 0 Å². The van der Waals surface area contributed by atoms with Gasteiger partial charge in [0.1, 0.15) is 0 Å². The molecule has 2 fully saturated rings. The molecule has 104 valence electrons. The van der Waals surface area contributed by atoms with Crippen molar-refractivity contribution in [2.45, 2.75) is 44.6 Å². The van der Waals surface area contributed by atoms with Crippen LogP contribution in [0.1, 0.15) is 38.5 Å². The van der Waals surface area contributed by atoms with E-state index in [1.807, 2.05) is 12.3 Å². The molecule has 1 aromatic heterocycles. The Bertz CT molecular complexity index is 603. The average Bonchev–Trinajstić information content (AvgIpc) is 3.32. The molecule has 2 aromatic rings. The highest BCUT2D eigenvalue weighted by Crippen LogP contribution is 2.44. The molecule has 0 radical (unpaired) electrons. The number of hydrogen-bond acceptors (Lipinski definition) is 2. The molecule has 2 saturated carbocycles. The Morgan fingerprint density at radius 3 is 2.85 bits per heavy atom. The minimum absolute atomic E-state index is 0.670. The molecule has 2 aliphatic carbocycles.